The number of morpholine rings is 1. The van der Waals surface area contributed by atoms with E-state index in [0.717, 1.165) is 52.8 Å². The van der Waals surface area contributed by atoms with Gasteiger partial charge in [-0.1, -0.05) is 12.1 Å². The van der Waals surface area contributed by atoms with Crippen molar-refractivity contribution in [1.29, 1.82) is 0 Å². The molecule has 0 saturated carbocycles. The summed E-state index contributed by atoms with van der Waals surface area (Å²) in [5.41, 5.74) is 3.56. The maximum absolute atomic E-state index is 11.8. The minimum Gasteiger partial charge on any atom is -0.378 e. The maximum Gasteiger partial charge on any atom is 0.228 e. The van der Waals surface area contributed by atoms with Gasteiger partial charge in [-0.3, -0.25) is 10.00 Å². The summed E-state index contributed by atoms with van der Waals surface area (Å²) in [6, 6.07) is 6.06. The Balaban J connectivity index is 1.33. The van der Waals surface area contributed by atoms with Gasteiger partial charge in [-0.2, -0.15) is 19.5 Å². The van der Waals surface area contributed by atoms with Crippen LogP contribution in [0.3, 0.4) is 0 Å². The molecule has 1 N–H and O–H groups in total. The number of benzene rings is 1. The number of hydrogen-bond donors (Lipinski definition) is 1. The fourth-order valence-electron chi connectivity index (χ4n) is 4.91. The lowest BCUT2D eigenvalue weighted by molar-refractivity contribution is 0.122. The average molecular weight is 512 g/mol. The van der Waals surface area contributed by atoms with E-state index < -0.39 is 10.0 Å². The summed E-state index contributed by atoms with van der Waals surface area (Å²) in [6.45, 7) is 6.61. The highest BCUT2D eigenvalue weighted by molar-refractivity contribution is 7.88. The van der Waals surface area contributed by atoms with Gasteiger partial charge in [0.1, 0.15) is 0 Å². The summed E-state index contributed by atoms with van der Waals surface area (Å²) >= 11 is 0. The van der Waals surface area contributed by atoms with E-state index >= 15 is 0 Å². The standard InChI is InChI=1S/C23H29N9O3S/c1-36(33,34)31-8-5-29(6-9-31)7-10-32-22-19(16-25-32)21(17-3-2-4-20-18(17)15-24-28-20)26-23(27-22)30-11-13-35-14-12-30/h2-4,15-16H,5-14H2,1H3,(H,24,28). The molecule has 12 nitrogen and oxygen atoms in total. The predicted molar refractivity (Wildman–Crippen MR) is 136 cm³/mol. The van der Waals surface area contributed by atoms with Crippen LogP contribution in [0.15, 0.2) is 30.6 Å². The average Bonchev–Trinajstić information content (AvgIpc) is 3.54. The predicted octanol–water partition coefficient (Wildman–Crippen LogP) is 0.783. The monoisotopic (exact) mass is 511 g/mol. The summed E-state index contributed by atoms with van der Waals surface area (Å²) in [7, 11) is -3.14. The lowest BCUT2D eigenvalue weighted by Gasteiger charge is -2.33. The number of piperazine rings is 1. The molecule has 13 heteroatoms. The number of ether oxygens (including phenoxy) is 1. The van der Waals surface area contributed by atoms with Crippen LogP contribution in [-0.2, 0) is 21.3 Å². The molecule has 2 saturated heterocycles. The van der Waals surface area contributed by atoms with Crippen LogP contribution >= 0.6 is 0 Å². The van der Waals surface area contributed by atoms with Gasteiger partial charge in [0.05, 0.1) is 55.0 Å². The van der Waals surface area contributed by atoms with Gasteiger partial charge >= 0.3 is 0 Å². The Labute approximate surface area is 208 Å². The van der Waals surface area contributed by atoms with Crippen molar-refractivity contribution in [2.75, 3.05) is 70.2 Å². The zero-order valence-electron chi connectivity index (χ0n) is 20.2. The number of aromatic amines is 1. The van der Waals surface area contributed by atoms with E-state index in [1.54, 1.807) is 0 Å². The largest absolute Gasteiger partial charge is 0.378 e. The fraction of sp³-hybridized carbons (Fsp3) is 0.478. The van der Waals surface area contributed by atoms with Crippen molar-refractivity contribution < 1.29 is 13.2 Å². The van der Waals surface area contributed by atoms with Crippen LogP contribution in [-0.4, -0.2) is 113 Å². The van der Waals surface area contributed by atoms with Gasteiger partial charge in [0.15, 0.2) is 5.65 Å². The zero-order chi connectivity index (χ0) is 24.7. The van der Waals surface area contributed by atoms with Crippen LogP contribution < -0.4 is 4.90 Å². The number of nitrogens with zero attached hydrogens (tertiary/aromatic N) is 8. The van der Waals surface area contributed by atoms with Crippen molar-refractivity contribution in [2.24, 2.45) is 0 Å². The topological polar surface area (TPSA) is 125 Å². The number of hydrogen-bond acceptors (Lipinski definition) is 9. The van der Waals surface area contributed by atoms with E-state index in [0.29, 0.717) is 51.9 Å². The lowest BCUT2D eigenvalue weighted by Crippen LogP contribution is -2.48. The zero-order valence-corrected chi connectivity index (χ0v) is 21.0. The van der Waals surface area contributed by atoms with Crippen LogP contribution in [0.5, 0.6) is 0 Å². The minimum atomic E-state index is -3.14. The third kappa shape index (κ3) is 4.43. The van der Waals surface area contributed by atoms with Crippen molar-refractivity contribution in [3.63, 3.8) is 0 Å². The van der Waals surface area contributed by atoms with Crippen LogP contribution in [0.1, 0.15) is 0 Å². The van der Waals surface area contributed by atoms with Gasteiger partial charge in [-0.15, -0.1) is 0 Å². The number of anilines is 1. The van der Waals surface area contributed by atoms with Crippen molar-refractivity contribution in [2.45, 2.75) is 6.54 Å². The molecule has 6 rings (SSSR count). The molecule has 0 aliphatic carbocycles. The van der Waals surface area contributed by atoms with Crippen LogP contribution in [0, 0.1) is 0 Å². The summed E-state index contributed by atoms with van der Waals surface area (Å²) in [6.07, 6.45) is 4.94. The Morgan fingerprint density at radius 2 is 1.78 bits per heavy atom. The molecule has 4 aromatic rings. The van der Waals surface area contributed by atoms with Gasteiger partial charge in [-0.05, 0) is 6.07 Å². The van der Waals surface area contributed by atoms with Crippen LogP contribution in [0.25, 0.3) is 33.2 Å². The first-order valence-corrected chi connectivity index (χ1v) is 14.0. The molecule has 190 valence electrons. The van der Waals surface area contributed by atoms with E-state index in [2.05, 4.69) is 31.2 Å². The number of fused-ring (bicyclic) bond motifs is 2. The Morgan fingerprint density at radius 1 is 0.972 bits per heavy atom. The molecule has 0 radical (unpaired) electrons. The van der Waals surface area contributed by atoms with Crippen molar-refractivity contribution in [1.82, 2.24) is 39.2 Å². The summed E-state index contributed by atoms with van der Waals surface area (Å²) in [5.74, 6) is 0.671. The van der Waals surface area contributed by atoms with E-state index in [4.69, 9.17) is 14.7 Å². The highest BCUT2D eigenvalue weighted by atomic mass is 32.2. The third-order valence-electron chi connectivity index (χ3n) is 6.95. The molecule has 3 aromatic heterocycles. The molecule has 5 heterocycles. The quantitative estimate of drug-likeness (QED) is 0.400. The molecular weight excluding hydrogens is 482 g/mol. The lowest BCUT2D eigenvalue weighted by atomic mass is 10.1. The number of rotatable bonds is 6. The highest BCUT2D eigenvalue weighted by Crippen LogP contribution is 2.33. The molecule has 1 aromatic carbocycles. The second kappa shape index (κ2) is 9.39. The SMILES string of the molecule is CS(=O)(=O)N1CCN(CCn2ncc3c(-c4cccc5[nH]ncc45)nc(N4CCOCC4)nc32)CC1. The Bertz CT molecular complexity index is 1490. The Hall–Kier alpha value is -3.13. The van der Waals surface area contributed by atoms with E-state index in [-0.39, 0.29) is 0 Å². The van der Waals surface area contributed by atoms with Crippen molar-refractivity contribution in [3.05, 3.63) is 30.6 Å². The smallest absolute Gasteiger partial charge is 0.228 e. The van der Waals surface area contributed by atoms with Crippen LogP contribution in [0.4, 0.5) is 5.95 Å². The van der Waals surface area contributed by atoms with Gasteiger partial charge < -0.3 is 9.64 Å². The molecule has 0 amide bonds. The van der Waals surface area contributed by atoms with Gasteiger partial charge in [0.2, 0.25) is 16.0 Å². The normalized spacial score (nSPS) is 18.4. The molecule has 2 aliphatic heterocycles. The van der Waals surface area contributed by atoms with Crippen LogP contribution in [0.2, 0.25) is 0 Å². The fourth-order valence-corrected chi connectivity index (χ4v) is 5.74. The minimum absolute atomic E-state index is 0.515. The van der Waals surface area contributed by atoms with Gasteiger partial charge in [-0.25, -0.2) is 18.1 Å². The number of H-pyrrole nitrogens is 1. The third-order valence-corrected chi connectivity index (χ3v) is 8.25. The summed E-state index contributed by atoms with van der Waals surface area (Å²) in [5, 5.41) is 13.8. The van der Waals surface area contributed by atoms with E-state index in [1.807, 2.05) is 29.2 Å². The Morgan fingerprint density at radius 3 is 2.56 bits per heavy atom. The summed E-state index contributed by atoms with van der Waals surface area (Å²) < 4.78 is 32.7. The van der Waals surface area contributed by atoms with Crippen molar-refractivity contribution in [3.8, 4) is 11.3 Å². The highest BCUT2D eigenvalue weighted by Gasteiger charge is 2.24. The molecule has 2 fully saturated rings. The Kier molecular flexibility index (Phi) is 6.07. The summed E-state index contributed by atoms with van der Waals surface area (Å²) in [4.78, 5) is 14.4. The molecule has 2 aliphatic rings. The molecular formula is C23H29N9O3S. The number of sulfonamides is 1. The van der Waals surface area contributed by atoms with Crippen molar-refractivity contribution >= 4 is 37.9 Å². The molecule has 0 bridgehead atoms. The molecule has 36 heavy (non-hydrogen) atoms. The number of nitrogens with one attached hydrogen (secondary N) is 1. The van der Waals surface area contributed by atoms with E-state index in [9.17, 15) is 8.42 Å². The van der Waals surface area contributed by atoms with Gasteiger partial charge in [0, 0.05) is 56.8 Å². The first kappa shape index (κ1) is 23.3. The first-order valence-electron chi connectivity index (χ1n) is 12.1. The van der Waals surface area contributed by atoms with E-state index in [1.165, 1.54) is 10.6 Å². The molecule has 0 atom stereocenters. The molecule has 0 unspecified atom stereocenters. The maximum atomic E-state index is 11.8. The number of aromatic nitrogens is 6. The second-order valence-corrected chi connectivity index (χ2v) is 11.2. The van der Waals surface area contributed by atoms with Gasteiger partial charge in [0.25, 0.3) is 0 Å². The first-order chi connectivity index (χ1) is 17.5. The second-order valence-electron chi connectivity index (χ2n) is 9.22. The molecule has 0 spiro atoms.